The third kappa shape index (κ3) is 4.22. The fourth-order valence-electron chi connectivity index (χ4n) is 2.08. The van der Waals surface area contributed by atoms with Gasteiger partial charge < -0.3 is 10.1 Å². The molecule has 0 aliphatic heterocycles. The Morgan fingerprint density at radius 1 is 1.36 bits per heavy atom. The molecule has 1 aromatic rings. The van der Waals surface area contributed by atoms with Gasteiger partial charge in [0.1, 0.15) is 6.04 Å². The van der Waals surface area contributed by atoms with Crippen LogP contribution in [0, 0.1) is 5.92 Å². The summed E-state index contributed by atoms with van der Waals surface area (Å²) in [5, 5.41) is 2.54. The van der Waals surface area contributed by atoms with Gasteiger partial charge in [0.15, 0.2) is 0 Å². The van der Waals surface area contributed by atoms with Crippen molar-refractivity contribution in [3.63, 3.8) is 0 Å². The topological polar surface area (TPSA) is 55.4 Å². The standard InChI is InChI=1S/C15H16F3NO3/c1-22-14(21)12(19-13(20)10-5-6-10)8-9-3-2-4-11(7-9)15(16,17)18/h2-4,7,10,12H,5-6,8H2,1H3,(H,19,20)/t12-/m1/s1. The van der Waals surface area contributed by atoms with Crippen LogP contribution in [-0.2, 0) is 26.9 Å². The minimum Gasteiger partial charge on any atom is -0.467 e. The number of nitrogens with one attached hydrogen (secondary N) is 1. The summed E-state index contributed by atoms with van der Waals surface area (Å²) in [4.78, 5) is 23.5. The monoisotopic (exact) mass is 315 g/mol. The van der Waals surface area contributed by atoms with E-state index in [4.69, 9.17) is 0 Å². The Bertz CT molecular complexity index is 567. The predicted octanol–water partition coefficient (Wildman–Crippen LogP) is 2.32. The first-order valence-corrected chi connectivity index (χ1v) is 6.85. The highest BCUT2D eigenvalue weighted by molar-refractivity contribution is 5.87. The number of hydrogen-bond donors (Lipinski definition) is 1. The summed E-state index contributed by atoms with van der Waals surface area (Å²) < 4.78 is 42.7. The van der Waals surface area contributed by atoms with Crippen LogP contribution in [0.25, 0.3) is 0 Å². The highest BCUT2D eigenvalue weighted by Crippen LogP contribution is 2.30. The molecule has 1 saturated carbocycles. The summed E-state index contributed by atoms with van der Waals surface area (Å²) in [5.74, 6) is -1.04. The Hall–Kier alpha value is -2.05. The van der Waals surface area contributed by atoms with Crippen molar-refractivity contribution >= 4 is 11.9 Å². The summed E-state index contributed by atoms with van der Waals surface area (Å²) in [6.07, 6.45) is -2.96. The second-order valence-electron chi connectivity index (χ2n) is 5.26. The fourth-order valence-corrected chi connectivity index (χ4v) is 2.08. The average Bonchev–Trinajstić information content (AvgIpc) is 3.29. The molecule has 22 heavy (non-hydrogen) atoms. The van der Waals surface area contributed by atoms with E-state index in [0.29, 0.717) is 5.56 Å². The van der Waals surface area contributed by atoms with Crippen molar-refractivity contribution in [3.05, 3.63) is 35.4 Å². The van der Waals surface area contributed by atoms with E-state index in [2.05, 4.69) is 10.1 Å². The number of halogens is 3. The van der Waals surface area contributed by atoms with Gasteiger partial charge in [0.05, 0.1) is 12.7 Å². The fraction of sp³-hybridized carbons (Fsp3) is 0.467. The van der Waals surface area contributed by atoms with E-state index in [0.717, 1.165) is 25.0 Å². The molecule has 1 amide bonds. The molecule has 4 nitrogen and oxygen atoms in total. The molecule has 1 aliphatic rings. The van der Waals surface area contributed by atoms with Gasteiger partial charge in [-0.3, -0.25) is 4.79 Å². The first kappa shape index (κ1) is 16.3. The normalized spacial score (nSPS) is 16.0. The lowest BCUT2D eigenvalue weighted by molar-refractivity contribution is -0.145. The van der Waals surface area contributed by atoms with Crippen molar-refractivity contribution in [1.82, 2.24) is 5.32 Å². The van der Waals surface area contributed by atoms with E-state index < -0.39 is 23.8 Å². The van der Waals surface area contributed by atoms with E-state index in [1.807, 2.05) is 0 Å². The molecule has 0 saturated heterocycles. The van der Waals surface area contributed by atoms with Gasteiger partial charge in [0.25, 0.3) is 0 Å². The van der Waals surface area contributed by atoms with Crippen LogP contribution < -0.4 is 5.32 Å². The van der Waals surface area contributed by atoms with Gasteiger partial charge in [0, 0.05) is 12.3 Å². The largest absolute Gasteiger partial charge is 0.467 e. The lowest BCUT2D eigenvalue weighted by Gasteiger charge is -2.17. The van der Waals surface area contributed by atoms with Crippen molar-refractivity contribution < 1.29 is 27.5 Å². The molecule has 7 heteroatoms. The Morgan fingerprint density at radius 2 is 2.05 bits per heavy atom. The molecule has 1 aromatic carbocycles. The van der Waals surface area contributed by atoms with Gasteiger partial charge in [-0.15, -0.1) is 0 Å². The van der Waals surface area contributed by atoms with Crippen LogP contribution in [-0.4, -0.2) is 25.0 Å². The molecule has 0 bridgehead atoms. The third-order valence-corrected chi connectivity index (χ3v) is 3.44. The molecule has 1 N–H and O–H groups in total. The number of esters is 1. The van der Waals surface area contributed by atoms with Gasteiger partial charge >= 0.3 is 12.1 Å². The Labute approximate surface area is 125 Å². The zero-order chi connectivity index (χ0) is 16.3. The molecular formula is C15H16F3NO3. The van der Waals surface area contributed by atoms with E-state index in [1.165, 1.54) is 19.2 Å². The average molecular weight is 315 g/mol. The highest BCUT2D eigenvalue weighted by atomic mass is 19.4. The number of methoxy groups -OCH3 is 1. The van der Waals surface area contributed by atoms with E-state index in [-0.39, 0.29) is 18.2 Å². The van der Waals surface area contributed by atoms with Gasteiger partial charge in [-0.1, -0.05) is 18.2 Å². The third-order valence-electron chi connectivity index (χ3n) is 3.44. The van der Waals surface area contributed by atoms with Gasteiger partial charge in [-0.2, -0.15) is 13.2 Å². The van der Waals surface area contributed by atoms with Gasteiger partial charge in [0.2, 0.25) is 5.91 Å². The molecular weight excluding hydrogens is 299 g/mol. The number of carbonyl (C=O) groups is 2. The van der Waals surface area contributed by atoms with E-state index >= 15 is 0 Å². The highest BCUT2D eigenvalue weighted by Gasteiger charge is 2.34. The minimum absolute atomic E-state index is 0.0466. The maximum Gasteiger partial charge on any atom is 0.416 e. The van der Waals surface area contributed by atoms with Crippen LogP contribution >= 0.6 is 0 Å². The van der Waals surface area contributed by atoms with Crippen molar-refractivity contribution in [1.29, 1.82) is 0 Å². The number of carbonyl (C=O) groups excluding carboxylic acids is 2. The molecule has 0 unspecified atom stereocenters. The summed E-state index contributed by atoms with van der Waals surface area (Å²) in [5.41, 5.74) is -0.483. The van der Waals surface area contributed by atoms with Crippen LogP contribution in [0.2, 0.25) is 0 Å². The number of amides is 1. The maximum atomic E-state index is 12.7. The Morgan fingerprint density at radius 3 is 2.59 bits per heavy atom. The van der Waals surface area contributed by atoms with Crippen LogP contribution in [0.1, 0.15) is 24.0 Å². The maximum absolute atomic E-state index is 12.7. The van der Waals surface area contributed by atoms with Crippen LogP contribution in [0.3, 0.4) is 0 Å². The second kappa shape index (κ2) is 6.37. The number of rotatable bonds is 5. The molecule has 0 radical (unpaired) electrons. The van der Waals surface area contributed by atoms with Crippen LogP contribution in [0.5, 0.6) is 0 Å². The van der Waals surface area contributed by atoms with E-state index in [9.17, 15) is 22.8 Å². The summed E-state index contributed by atoms with van der Waals surface area (Å²) in [7, 11) is 1.17. The number of alkyl halides is 3. The van der Waals surface area contributed by atoms with Gasteiger partial charge in [-0.25, -0.2) is 4.79 Å². The van der Waals surface area contributed by atoms with E-state index in [1.54, 1.807) is 0 Å². The molecule has 1 fully saturated rings. The zero-order valence-electron chi connectivity index (χ0n) is 11.9. The van der Waals surface area contributed by atoms with Gasteiger partial charge in [-0.05, 0) is 24.5 Å². The molecule has 120 valence electrons. The zero-order valence-corrected chi connectivity index (χ0v) is 11.9. The van der Waals surface area contributed by atoms with Crippen LogP contribution in [0.4, 0.5) is 13.2 Å². The van der Waals surface area contributed by atoms with Crippen LogP contribution in [0.15, 0.2) is 24.3 Å². The molecule has 0 aromatic heterocycles. The number of hydrogen-bond acceptors (Lipinski definition) is 3. The Balaban J connectivity index is 2.12. The lowest BCUT2D eigenvalue weighted by atomic mass is 10.0. The van der Waals surface area contributed by atoms with Crippen molar-refractivity contribution in [2.24, 2.45) is 5.92 Å². The predicted molar refractivity (Wildman–Crippen MR) is 71.8 cm³/mol. The van der Waals surface area contributed by atoms with Crippen molar-refractivity contribution in [3.8, 4) is 0 Å². The lowest BCUT2D eigenvalue weighted by Crippen LogP contribution is -2.43. The molecule has 0 heterocycles. The second-order valence-corrected chi connectivity index (χ2v) is 5.26. The van der Waals surface area contributed by atoms with Crippen molar-refractivity contribution in [2.45, 2.75) is 31.5 Å². The summed E-state index contributed by atoms with van der Waals surface area (Å²) >= 11 is 0. The quantitative estimate of drug-likeness (QED) is 0.849. The first-order chi connectivity index (χ1) is 10.3. The van der Waals surface area contributed by atoms with Crippen molar-refractivity contribution in [2.75, 3.05) is 7.11 Å². The summed E-state index contributed by atoms with van der Waals surface area (Å²) in [6.45, 7) is 0. The summed E-state index contributed by atoms with van der Waals surface area (Å²) in [6, 6.07) is 3.70. The molecule has 2 rings (SSSR count). The first-order valence-electron chi connectivity index (χ1n) is 6.85. The molecule has 1 aliphatic carbocycles. The molecule has 0 spiro atoms. The molecule has 1 atom stereocenters. The Kier molecular flexibility index (Phi) is 4.73. The number of benzene rings is 1. The smallest absolute Gasteiger partial charge is 0.416 e. The number of ether oxygens (including phenoxy) is 1. The SMILES string of the molecule is COC(=O)[C@@H](Cc1cccc(C(F)(F)F)c1)NC(=O)C1CC1. The minimum atomic E-state index is -4.45.